The van der Waals surface area contributed by atoms with Crippen molar-refractivity contribution in [2.45, 2.75) is 20.3 Å². The van der Waals surface area contributed by atoms with Gasteiger partial charge in [-0.1, -0.05) is 13.8 Å². The number of nitrogens with two attached hydrogens (primary N) is 1. The molecule has 3 N–H and O–H groups in total. The van der Waals surface area contributed by atoms with E-state index in [4.69, 9.17) is 11.1 Å². The van der Waals surface area contributed by atoms with Gasteiger partial charge in [0, 0.05) is 25.0 Å². The number of aromatic nitrogens is 1. The predicted molar refractivity (Wildman–Crippen MR) is 70.4 cm³/mol. The number of anilines is 1. The topological polar surface area (TPSA) is 66.0 Å². The average molecular weight is 232 g/mol. The highest BCUT2D eigenvalue weighted by atomic mass is 15.2. The lowest BCUT2D eigenvalue weighted by Crippen LogP contribution is -2.22. The molecule has 1 aliphatic rings. The molecule has 1 atom stereocenters. The molecule has 1 aromatic heterocycles. The molecular weight excluding hydrogens is 212 g/mol. The lowest BCUT2D eigenvalue weighted by molar-refractivity contribution is 0.423. The van der Waals surface area contributed by atoms with E-state index in [1.54, 1.807) is 6.20 Å². The maximum Gasteiger partial charge on any atom is 0.141 e. The van der Waals surface area contributed by atoms with Gasteiger partial charge in [-0.2, -0.15) is 0 Å². The number of amidine groups is 1. The third kappa shape index (κ3) is 2.57. The van der Waals surface area contributed by atoms with Crippen molar-refractivity contribution < 1.29 is 0 Å². The smallest absolute Gasteiger partial charge is 0.141 e. The summed E-state index contributed by atoms with van der Waals surface area (Å²) in [5.74, 6) is 1.53. The van der Waals surface area contributed by atoms with Gasteiger partial charge in [-0.05, 0) is 30.4 Å². The predicted octanol–water partition coefficient (Wildman–Crippen LogP) is 1.85. The largest absolute Gasteiger partial charge is 0.382 e. The first-order valence-corrected chi connectivity index (χ1v) is 6.13. The van der Waals surface area contributed by atoms with Gasteiger partial charge in [0.15, 0.2) is 0 Å². The first kappa shape index (κ1) is 11.9. The van der Waals surface area contributed by atoms with Gasteiger partial charge in [0.1, 0.15) is 11.5 Å². The van der Waals surface area contributed by atoms with E-state index >= 15 is 0 Å². The number of pyridine rings is 1. The standard InChI is InChI=1S/C13H20N4/c1-9(2)10-4-6-17(8-10)11-3-5-16-12(7-11)13(14)15/h3,5,7,9-10H,4,6,8H2,1-2H3,(H3,14,15). The summed E-state index contributed by atoms with van der Waals surface area (Å²) in [6, 6.07) is 3.90. The fourth-order valence-corrected chi connectivity index (χ4v) is 2.33. The molecule has 2 rings (SSSR count). The van der Waals surface area contributed by atoms with Crippen molar-refractivity contribution in [2.75, 3.05) is 18.0 Å². The van der Waals surface area contributed by atoms with Crippen molar-refractivity contribution in [3.8, 4) is 0 Å². The van der Waals surface area contributed by atoms with Crippen molar-refractivity contribution in [3.63, 3.8) is 0 Å². The van der Waals surface area contributed by atoms with E-state index in [0.717, 1.165) is 30.6 Å². The van der Waals surface area contributed by atoms with Gasteiger partial charge in [0.05, 0.1) is 0 Å². The van der Waals surface area contributed by atoms with E-state index in [1.165, 1.54) is 6.42 Å². The van der Waals surface area contributed by atoms with Crippen molar-refractivity contribution in [3.05, 3.63) is 24.0 Å². The average Bonchev–Trinajstić information content (AvgIpc) is 2.78. The van der Waals surface area contributed by atoms with E-state index in [2.05, 4.69) is 23.7 Å². The molecule has 0 aromatic carbocycles. The minimum absolute atomic E-state index is 0.0338. The molecule has 1 unspecified atom stereocenters. The molecule has 0 amide bonds. The highest BCUT2D eigenvalue weighted by Gasteiger charge is 2.25. The number of hydrogen-bond donors (Lipinski definition) is 2. The van der Waals surface area contributed by atoms with Crippen LogP contribution in [0.1, 0.15) is 26.0 Å². The molecule has 4 nitrogen and oxygen atoms in total. The molecule has 17 heavy (non-hydrogen) atoms. The fourth-order valence-electron chi connectivity index (χ4n) is 2.33. The summed E-state index contributed by atoms with van der Waals surface area (Å²) < 4.78 is 0. The maximum absolute atomic E-state index is 7.41. The Morgan fingerprint density at radius 1 is 1.59 bits per heavy atom. The van der Waals surface area contributed by atoms with E-state index in [-0.39, 0.29) is 5.84 Å². The Morgan fingerprint density at radius 2 is 2.35 bits per heavy atom. The summed E-state index contributed by atoms with van der Waals surface area (Å²) in [4.78, 5) is 6.45. The summed E-state index contributed by atoms with van der Waals surface area (Å²) in [5, 5.41) is 7.41. The number of hydrogen-bond acceptors (Lipinski definition) is 3. The summed E-state index contributed by atoms with van der Waals surface area (Å²) in [6.45, 7) is 6.74. The summed E-state index contributed by atoms with van der Waals surface area (Å²) >= 11 is 0. The zero-order valence-corrected chi connectivity index (χ0v) is 10.5. The number of nitrogens with one attached hydrogen (secondary N) is 1. The van der Waals surface area contributed by atoms with Crippen LogP contribution < -0.4 is 10.6 Å². The van der Waals surface area contributed by atoms with Gasteiger partial charge in [-0.15, -0.1) is 0 Å². The Balaban J connectivity index is 2.13. The molecule has 0 saturated carbocycles. The molecule has 0 bridgehead atoms. The Labute approximate surface area is 102 Å². The third-order valence-electron chi connectivity index (χ3n) is 3.55. The van der Waals surface area contributed by atoms with Crippen LogP contribution in [0.15, 0.2) is 18.3 Å². The Morgan fingerprint density at radius 3 is 2.94 bits per heavy atom. The molecule has 4 heteroatoms. The van der Waals surface area contributed by atoms with Gasteiger partial charge in [-0.3, -0.25) is 10.4 Å². The molecule has 92 valence electrons. The molecule has 1 aromatic rings. The van der Waals surface area contributed by atoms with Gasteiger partial charge < -0.3 is 10.6 Å². The Hall–Kier alpha value is -1.58. The summed E-state index contributed by atoms with van der Waals surface area (Å²) in [7, 11) is 0. The molecule has 1 saturated heterocycles. The molecule has 0 radical (unpaired) electrons. The minimum atomic E-state index is 0.0338. The first-order valence-electron chi connectivity index (χ1n) is 6.13. The van der Waals surface area contributed by atoms with Gasteiger partial charge in [0.2, 0.25) is 0 Å². The van der Waals surface area contributed by atoms with Crippen molar-refractivity contribution in [1.82, 2.24) is 4.98 Å². The number of nitrogen functional groups attached to an aromatic ring is 1. The number of nitrogens with zero attached hydrogens (tertiary/aromatic N) is 2. The minimum Gasteiger partial charge on any atom is -0.382 e. The molecule has 0 spiro atoms. The molecule has 1 fully saturated rings. The Bertz CT molecular complexity index is 414. The quantitative estimate of drug-likeness (QED) is 0.617. The van der Waals surface area contributed by atoms with Gasteiger partial charge >= 0.3 is 0 Å². The van der Waals surface area contributed by atoms with Crippen molar-refractivity contribution in [2.24, 2.45) is 17.6 Å². The zero-order valence-electron chi connectivity index (χ0n) is 10.5. The van der Waals surface area contributed by atoms with Crippen LogP contribution in [0.4, 0.5) is 5.69 Å². The van der Waals surface area contributed by atoms with Crippen molar-refractivity contribution in [1.29, 1.82) is 5.41 Å². The second-order valence-corrected chi connectivity index (χ2v) is 5.05. The lowest BCUT2D eigenvalue weighted by Gasteiger charge is -2.20. The van der Waals surface area contributed by atoms with E-state index in [1.807, 2.05) is 12.1 Å². The number of rotatable bonds is 3. The van der Waals surface area contributed by atoms with Crippen LogP contribution in [0.5, 0.6) is 0 Å². The van der Waals surface area contributed by atoms with Crippen LogP contribution in [0.2, 0.25) is 0 Å². The molecule has 0 aliphatic carbocycles. The maximum atomic E-state index is 7.41. The van der Waals surface area contributed by atoms with Crippen LogP contribution in [-0.2, 0) is 0 Å². The highest BCUT2D eigenvalue weighted by Crippen LogP contribution is 2.28. The summed E-state index contributed by atoms with van der Waals surface area (Å²) in [5.41, 5.74) is 7.16. The fraction of sp³-hybridized carbons (Fsp3) is 0.538. The molecule has 2 heterocycles. The zero-order chi connectivity index (χ0) is 12.4. The van der Waals surface area contributed by atoms with Crippen LogP contribution in [0.3, 0.4) is 0 Å². The SMILES string of the molecule is CC(C)C1CCN(c2ccnc(C(=N)N)c2)C1. The normalized spacial score (nSPS) is 19.9. The Kier molecular flexibility index (Phi) is 3.31. The van der Waals surface area contributed by atoms with E-state index < -0.39 is 0 Å². The van der Waals surface area contributed by atoms with Gasteiger partial charge in [-0.25, -0.2) is 0 Å². The summed E-state index contributed by atoms with van der Waals surface area (Å²) in [6.07, 6.45) is 2.98. The van der Waals surface area contributed by atoms with E-state index in [0.29, 0.717) is 5.69 Å². The van der Waals surface area contributed by atoms with Crippen LogP contribution >= 0.6 is 0 Å². The molecular formula is C13H20N4. The second kappa shape index (κ2) is 4.73. The monoisotopic (exact) mass is 232 g/mol. The van der Waals surface area contributed by atoms with Gasteiger partial charge in [0.25, 0.3) is 0 Å². The lowest BCUT2D eigenvalue weighted by atomic mass is 9.95. The van der Waals surface area contributed by atoms with Crippen molar-refractivity contribution >= 4 is 11.5 Å². The second-order valence-electron chi connectivity index (χ2n) is 5.05. The van der Waals surface area contributed by atoms with Crippen LogP contribution in [0.25, 0.3) is 0 Å². The third-order valence-corrected chi connectivity index (χ3v) is 3.55. The van der Waals surface area contributed by atoms with Crippen LogP contribution in [-0.4, -0.2) is 23.9 Å². The van der Waals surface area contributed by atoms with Crippen LogP contribution in [0, 0.1) is 17.2 Å². The van der Waals surface area contributed by atoms with E-state index in [9.17, 15) is 0 Å². The molecule has 1 aliphatic heterocycles. The first-order chi connectivity index (χ1) is 8.08. The highest BCUT2D eigenvalue weighted by molar-refractivity contribution is 5.93.